The Hall–Kier alpha value is -1.59. The van der Waals surface area contributed by atoms with Crippen molar-refractivity contribution in [3.63, 3.8) is 0 Å². The van der Waals surface area contributed by atoms with E-state index in [0.29, 0.717) is 0 Å². The van der Waals surface area contributed by atoms with Crippen molar-refractivity contribution < 1.29 is 4.79 Å². The van der Waals surface area contributed by atoms with Gasteiger partial charge in [0.25, 0.3) is 0 Å². The molecule has 0 saturated carbocycles. The van der Waals surface area contributed by atoms with Crippen molar-refractivity contribution in [2.24, 2.45) is 5.73 Å². The summed E-state index contributed by atoms with van der Waals surface area (Å²) in [6.45, 7) is 4.20. The number of carbonyl (C=O) groups excluding carboxylic acids is 1. The van der Waals surface area contributed by atoms with E-state index in [4.69, 9.17) is 5.73 Å². The van der Waals surface area contributed by atoms with Gasteiger partial charge in [0.05, 0.1) is 0 Å². The number of piperazine rings is 1. The van der Waals surface area contributed by atoms with Crippen LogP contribution in [0, 0.1) is 0 Å². The van der Waals surface area contributed by atoms with Gasteiger partial charge in [-0.1, -0.05) is 60.7 Å². The van der Waals surface area contributed by atoms with Crippen LogP contribution in [0.3, 0.4) is 0 Å². The highest BCUT2D eigenvalue weighted by molar-refractivity contribution is 5.85. The fraction of sp³-hybridized carbons (Fsp3) is 0.316. The summed E-state index contributed by atoms with van der Waals surface area (Å²) in [6, 6.07) is 19.5. The van der Waals surface area contributed by atoms with E-state index in [1.54, 1.807) is 0 Å². The van der Waals surface area contributed by atoms with Crippen molar-refractivity contribution in [1.82, 2.24) is 9.80 Å². The van der Waals surface area contributed by atoms with Crippen molar-refractivity contribution in [3.8, 4) is 0 Å². The lowest BCUT2D eigenvalue weighted by atomic mass is 10.1. The standard InChI is InChI=1S/C19H23N3O.2ClH/c20-18(17-9-5-2-6-10-17)19(23)22-13-11-21(12-14-22)15-16-7-3-1-4-8-16;;/h1-10,18H,11-15,20H2;2*1H/t18-;;/m0../s1. The van der Waals surface area contributed by atoms with Crippen LogP contribution in [0.4, 0.5) is 0 Å². The predicted molar refractivity (Wildman–Crippen MR) is 106 cm³/mol. The molecule has 6 heteroatoms. The highest BCUT2D eigenvalue weighted by Crippen LogP contribution is 2.15. The van der Waals surface area contributed by atoms with Crippen molar-refractivity contribution in [3.05, 3.63) is 71.8 Å². The summed E-state index contributed by atoms with van der Waals surface area (Å²) < 4.78 is 0. The molecule has 1 heterocycles. The maximum Gasteiger partial charge on any atom is 0.244 e. The zero-order valence-corrected chi connectivity index (χ0v) is 15.7. The molecule has 2 aromatic carbocycles. The van der Waals surface area contributed by atoms with Crippen LogP contribution in [0.5, 0.6) is 0 Å². The lowest BCUT2D eigenvalue weighted by Gasteiger charge is -2.36. The molecule has 0 radical (unpaired) electrons. The first kappa shape index (κ1) is 21.5. The van der Waals surface area contributed by atoms with Crippen molar-refractivity contribution in [2.45, 2.75) is 12.6 Å². The molecule has 1 aliphatic rings. The lowest BCUT2D eigenvalue weighted by molar-refractivity contribution is -0.134. The Kier molecular flexibility index (Phi) is 8.93. The highest BCUT2D eigenvalue weighted by atomic mass is 35.5. The molecule has 0 unspecified atom stereocenters. The van der Waals surface area contributed by atoms with Crippen LogP contribution in [0.1, 0.15) is 17.2 Å². The second-order valence-electron chi connectivity index (χ2n) is 5.98. The third kappa shape index (κ3) is 5.72. The van der Waals surface area contributed by atoms with E-state index in [1.807, 2.05) is 41.3 Å². The first-order chi connectivity index (χ1) is 11.2. The molecule has 0 aromatic heterocycles. The second-order valence-corrected chi connectivity index (χ2v) is 5.98. The molecule has 0 aliphatic carbocycles. The Labute approximate surface area is 161 Å². The first-order valence-electron chi connectivity index (χ1n) is 8.09. The molecule has 1 fully saturated rings. The summed E-state index contributed by atoms with van der Waals surface area (Å²) in [7, 11) is 0. The third-order valence-electron chi connectivity index (χ3n) is 4.36. The molecule has 4 nitrogen and oxygen atoms in total. The number of hydrogen-bond donors (Lipinski definition) is 1. The summed E-state index contributed by atoms with van der Waals surface area (Å²) in [5, 5.41) is 0. The predicted octanol–water partition coefficient (Wildman–Crippen LogP) is 2.87. The van der Waals surface area contributed by atoms with Crippen molar-refractivity contribution in [2.75, 3.05) is 26.2 Å². The third-order valence-corrected chi connectivity index (χ3v) is 4.36. The zero-order chi connectivity index (χ0) is 16.1. The van der Waals surface area contributed by atoms with Gasteiger partial charge < -0.3 is 10.6 Å². The topological polar surface area (TPSA) is 49.6 Å². The summed E-state index contributed by atoms with van der Waals surface area (Å²) in [6.07, 6.45) is 0. The van der Waals surface area contributed by atoms with E-state index >= 15 is 0 Å². The average molecular weight is 382 g/mol. The Balaban J connectivity index is 0.00000156. The fourth-order valence-corrected chi connectivity index (χ4v) is 2.97. The summed E-state index contributed by atoms with van der Waals surface area (Å²) in [5.74, 6) is 0.0237. The Morgan fingerprint density at radius 3 is 1.96 bits per heavy atom. The monoisotopic (exact) mass is 381 g/mol. The van der Waals surface area contributed by atoms with E-state index in [1.165, 1.54) is 5.56 Å². The molecule has 0 bridgehead atoms. The molecule has 0 spiro atoms. The molecule has 1 atom stereocenters. The normalized spacial score (nSPS) is 15.6. The van der Waals surface area contributed by atoms with Crippen LogP contribution in [0.15, 0.2) is 60.7 Å². The maximum absolute atomic E-state index is 12.5. The number of rotatable bonds is 4. The Morgan fingerprint density at radius 2 is 1.40 bits per heavy atom. The zero-order valence-electron chi connectivity index (χ0n) is 14.1. The minimum absolute atomic E-state index is 0. The van der Waals surface area contributed by atoms with Gasteiger partial charge in [0.2, 0.25) is 5.91 Å². The van der Waals surface area contributed by atoms with E-state index in [2.05, 4.69) is 29.2 Å². The fourth-order valence-electron chi connectivity index (χ4n) is 2.97. The maximum atomic E-state index is 12.5. The smallest absolute Gasteiger partial charge is 0.244 e. The first-order valence-corrected chi connectivity index (χ1v) is 8.09. The molecule has 3 rings (SSSR count). The molecule has 1 amide bonds. The molecule has 1 aliphatic heterocycles. The molecule has 25 heavy (non-hydrogen) atoms. The SMILES string of the molecule is Cl.Cl.N[C@H](C(=O)N1CCN(Cc2ccccc2)CC1)c1ccccc1. The van der Waals surface area contributed by atoms with Crippen LogP contribution < -0.4 is 5.73 Å². The number of halogens is 2. The minimum atomic E-state index is -0.558. The molecular weight excluding hydrogens is 357 g/mol. The van der Waals surface area contributed by atoms with E-state index in [-0.39, 0.29) is 30.7 Å². The largest absolute Gasteiger partial charge is 0.338 e. The molecule has 2 aromatic rings. The van der Waals surface area contributed by atoms with Crippen LogP contribution in [-0.2, 0) is 11.3 Å². The van der Waals surface area contributed by atoms with Crippen LogP contribution in [-0.4, -0.2) is 41.9 Å². The van der Waals surface area contributed by atoms with Crippen molar-refractivity contribution in [1.29, 1.82) is 0 Å². The minimum Gasteiger partial charge on any atom is -0.338 e. The Morgan fingerprint density at radius 1 is 0.880 bits per heavy atom. The molecular formula is C19H25Cl2N3O. The van der Waals surface area contributed by atoms with Gasteiger partial charge in [-0.05, 0) is 11.1 Å². The van der Waals surface area contributed by atoms with Crippen LogP contribution in [0.25, 0.3) is 0 Å². The van der Waals surface area contributed by atoms with Gasteiger partial charge >= 0.3 is 0 Å². The van der Waals surface area contributed by atoms with Gasteiger partial charge in [-0.25, -0.2) is 0 Å². The summed E-state index contributed by atoms with van der Waals surface area (Å²) >= 11 is 0. The number of benzene rings is 2. The van der Waals surface area contributed by atoms with Gasteiger partial charge in [-0.3, -0.25) is 9.69 Å². The van der Waals surface area contributed by atoms with Gasteiger partial charge in [-0.15, -0.1) is 24.8 Å². The van der Waals surface area contributed by atoms with E-state index in [9.17, 15) is 4.79 Å². The summed E-state index contributed by atoms with van der Waals surface area (Å²) in [4.78, 5) is 16.8. The quantitative estimate of drug-likeness (QED) is 0.885. The highest BCUT2D eigenvalue weighted by Gasteiger charge is 2.25. The Bertz CT molecular complexity index is 632. The molecule has 1 saturated heterocycles. The number of amides is 1. The van der Waals surface area contributed by atoms with Crippen LogP contribution >= 0.6 is 24.8 Å². The number of nitrogens with two attached hydrogens (primary N) is 1. The van der Waals surface area contributed by atoms with Gasteiger partial charge in [0.1, 0.15) is 6.04 Å². The van der Waals surface area contributed by atoms with Crippen LogP contribution in [0.2, 0.25) is 0 Å². The van der Waals surface area contributed by atoms with E-state index < -0.39 is 6.04 Å². The molecule has 136 valence electrons. The van der Waals surface area contributed by atoms with Gasteiger partial charge in [0, 0.05) is 32.7 Å². The number of nitrogens with zero attached hydrogens (tertiary/aromatic N) is 2. The van der Waals surface area contributed by atoms with E-state index in [0.717, 1.165) is 38.3 Å². The lowest BCUT2D eigenvalue weighted by Crippen LogP contribution is -2.50. The number of carbonyl (C=O) groups is 1. The van der Waals surface area contributed by atoms with Gasteiger partial charge in [0.15, 0.2) is 0 Å². The number of hydrogen-bond acceptors (Lipinski definition) is 3. The molecule has 2 N–H and O–H groups in total. The van der Waals surface area contributed by atoms with Gasteiger partial charge in [-0.2, -0.15) is 0 Å². The average Bonchev–Trinajstić information content (AvgIpc) is 2.63. The second kappa shape index (κ2) is 10.4. The van der Waals surface area contributed by atoms with Crippen molar-refractivity contribution >= 4 is 30.7 Å². The summed E-state index contributed by atoms with van der Waals surface area (Å²) in [5.41, 5.74) is 8.31.